The monoisotopic (exact) mass is 516 g/mol. The van der Waals surface area contributed by atoms with E-state index in [0.29, 0.717) is 19.4 Å². The minimum Gasteiger partial charge on any atom is -0.465 e. The molecule has 4 fully saturated rings. The van der Waals surface area contributed by atoms with Crippen LogP contribution in [0.15, 0.2) is 25.3 Å². The lowest BCUT2D eigenvalue weighted by molar-refractivity contribution is -0.162. The first-order valence-corrected chi connectivity index (χ1v) is 14.1. The third kappa shape index (κ3) is 4.76. The number of unbranched alkanes of at least 4 members (excludes halogenated alkanes) is 2. The molecule has 0 aromatic heterocycles. The number of rotatable bonds is 12. The molecule has 4 aliphatic rings. The minimum absolute atomic E-state index is 0.0848. The van der Waals surface area contributed by atoms with Crippen molar-refractivity contribution in [3.8, 4) is 0 Å². The molecule has 0 aromatic rings. The molecule has 0 radical (unpaired) electrons. The number of likely N-dealkylation sites (tertiary alicyclic amines) is 1. The molecule has 37 heavy (non-hydrogen) atoms. The Morgan fingerprint density at radius 2 is 1.95 bits per heavy atom. The number of fused-ring (bicyclic) bond motifs is 1. The van der Waals surface area contributed by atoms with Gasteiger partial charge < -0.3 is 24.4 Å². The van der Waals surface area contributed by atoms with Crippen LogP contribution in [0.25, 0.3) is 0 Å². The molecule has 2 bridgehead atoms. The number of carbonyl (C=O) groups excluding carboxylic acids is 3. The van der Waals surface area contributed by atoms with E-state index in [2.05, 4.69) is 13.2 Å². The average Bonchev–Trinajstić information content (AvgIpc) is 3.47. The predicted molar refractivity (Wildman–Crippen MR) is 139 cm³/mol. The summed E-state index contributed by atoms with van der Waals surface area (Å²) in [6.07, 6.45) is 12.2. The van der Waals surface area contributed by atoms with Crippen molar-refractivity contribution >= 4 is 17.8 Å². The normalized spacial score (nSPS) is 33.8. The van der Waals surface area contributed by atoms with Gasteiger partial charge in [0, 0.05) is 12.6 Å². The predicted octanol–water partition coefficient (Wildman–Crippen LogP) is 3.38. The number of hydrogen-bond acceptors (Lipinski definition) is 6. The number of allylic oxidation sites excluding steroid dienone is 1. The highest BCUT2D eigenvalue weighted by Gasteiger charge is 2.79. The fraction of sp³-hybridized carbons (Fsp3) is 0.759. The van der Waals surface area contributed by atoms with Crippen LogP contribution < -0.4 is 0 Å². The summed E-state index contributed by atoms with van der Waals surface area (Å²) in [5.74, 6) is -2.46. The first kappa shape index (κ1) is 27.8. The number of hydrogen-bond donors (Lipinski definition) is 1. The van der Waals surface area contributed by atoms with Crippen molar-refractivity contribution in [2.24, 2.45) is 11.8 Å². The van der Waals surface area contributed by atoms with Gasteiger partial charge in [-0.3, -0.25) is 14.4 Å². The number of amides is 2. The highest BCUT2D eigenvalue weighted by Crippen LogP contribution is 2.63. The largest absolute Gasteiger partial charge is 0.465 e. The molecular formula is C29H44N2O6. The molecule has 206 valence electrons. The van der Waals surface area contributed by atoms with Crippen LogP contribution in [0.2, 0.25) is 0 Å². The van der Waals surface area contributed by atoms with Crippen LogP contribution in [0.5, 0.6) is 0 Å². The number of esters is 1. The van der Waals surface area contributed by atoms with Crippen molar-refractivity contribution in [3.05, 3.63) is 25.3 Å². The van der Waals surface area contributed by atoms with Gasteiger partial charge in [-0.2, -0.15) is 0 Å². The SMILES string of the molecule is C=CCCCCOC(=O)[C@H]1[C@H]2C(=O)N([C@H](C)CO)C(C(=O)N(CC=C)C3CCCCC3)C23CC[C@]1(C)O3. The van der Waals surface area contributed by atoms with E-state index in [1.54, 1.807) is 13.0 Å². The van der Waals surface area contributed by atoms with E-state index in [4.69, 9.17) is 9.47 Å². The summed E-state index contributed by atoms with van der Waals surface area (Å²) in [5, 5.41) is 10.1. The molecule has 3 aliphatic heterocycles. The Morgan fingerprint density at radius 3 is 2.59 bits per heavy atom. The smallest absolute Gasteiger partial charge is 0.312 e. The molecule has 0 aromatic carbocycles. The lowest BCUT2D eigenvalue weighted by Crippen LogP contribution is -2.60. The summed E-state index contributed by atoms with van der Waals surface area (Å²) < 4.78 is 12.3. The lowest BCUT2D eigenvalue weighted by atomic mass is 9.66. The second kappa shape index (κ2) is 11.3. The van der Waals surface area contributed by atoms with Crippen molar-refractivity contribution in [1.82, 2.24) is 9.80 Å². The van der Waals surface area contributed by atoms with Gasteiger partial charge in [-0.25, -0.2) is 0 Å². The molecule has 4 rings (SSSR count). The van der Waals surface area contributed by atoms with Gasteiger partial charge in [-0.1, -0.05) is 31.4 Å². The van der Waals surface area contributed by atoms with Crippen LogP contribution in [0.1, 0.15) is 78.1 Å². The molecule has 8 nitrogen and oxygen atoms in total. The summed E-state index contributed by atoms with van der Waals surface area (Å²) in [4.78, 5) is 45.2. The van der Waals surface area contributed by atoms with E-state index < -0.39 is 41.1 Å². The summed E-state index contributed by atoms with van der Waals surface area (Å²) in [5.41, 5.74) is -1.97. The van der Waals surface area contributed by atoms with Crippen molar-refractivity contribution in [2.45, 2.75) is 107 Å². The summed E-state index contributed by atoms with van der Waals surface area (Å²) in [6.45, 7) is 11.6. The fourth-order valence-electron chi connectivity index (χ4n) is 7.32. The van der Waals surface area contributed by atoms with Gasteiger partial charge in [0.05, 0.1) is 30.8 Å². The van der Waals surface area contributed by atoms with Gasteiger partial charge in [-0.15, -0.1) is 13.2 Å². The Labute approximate surface area is 221 Å². The van der Waals surface area contributed by atoms with Gasteiger partial charge in [0.2, 0.25) is 11.8 Å². The van der Waals surface area contributed by atoms with E-state index in [1.807, 2.05) is 17.9 Å². The van der Waals surface area contributed by atoms with Crippen molar-refractivity contribution in [2.75, 3.05) is 19.8 Å². The van der Waals surface area contributed by atoms with E-state index >= 15 is 0 Å². The minimum atomic E-state index is -1.10. The van der Waals surface area contributed by atoms with Gasteiger partial charge in [0.15, 0.2) is 0 Å². The zero-order chi connectivity index (χ0) is 26.8. The van der Waals surface area contributed by atoms with Crippen LogP contribution >= 0.6 is 0 Å². The molecule has 1 saturated carbocycles. The standard InChI is InChI=1S/C29H44N2O6/c1-5-7-8-12-18-36-27(35)23-22-25(33)31(20(3)19-32)24(29(22)16-15-28(23,4)37-29)26(34)30(17-6-2)21-13-10-9-11-14-21/h5-6,20-24,32H,1-2,7-19H2,3-4H3/t20-,22+,23-,24?,28+,29?/m1/s1. The molecule has 2 unspecified atom stereocenters. The lowest BCUT2D eigenvalue weighted by Gasteiger charge is -2.42. The molecule has 8 heteroatoms. The van der Waals surface area contributed by atoms with E-state index in [9.17, 15) is 19.5 Å². The van der Waals surface area contributed by atoms with E-state index in [1.165, 1.54) is 4.90 Å². The Morgan fingerprint density at radius 1 is 1.22 bits per heavy atom. The molecule has 1 spiro atoms. The van der Waals surface area contributed by atoms with Crippen LogP contribution in [-0.2, 0) is 23.9 Å². The quantitative estimate of drug-likeness (QED) is 0.243. The summed E-state index contributed by atoms with van der Waals surface area (Å²) in [7, 11) is 0. The van der Waals surface area contributed by atoms with Gasteiger partial charge in [-0.05, 0) is 58.8 Å². The first-order valence-electron chi connectivity index (χ1n) is 14.1. The zero-order valence-corrected chi connectivity index (χ0v) is 22.5. The summed E-state index contributed by atoms with van der Waals surface area (Å²) in [6, 6.07) is -1.38. The molecule has 6 atom stereocenters. The number of aliphatic hydroxyl groups excluding tert-OH is 1. The second-order valence-electron chi connectivity index (χ2n) is 11.5. The highest BCUT2D eigenvalue weighted by atomic mass is 16.6. The number of ether oxygens (including phenoxy) is 2. The Balaban J connectivity index is 1.66. The topological polar surface area (TPSA) is 96.4 Å². The van der Waals surface area contributed by atoms with Gasteiger partial charge >= 0.3 is 5.97 Å². The molecule has 3 heterocycles. The average molecular weight is 517 g/mol. The highest BCUT2D eigenvalue weighted by molar-refractivity contribution is 5.98. The second-order valence-corrected chi connectivity index (χ2v) is 11.5. The fourth-order valence-corrected chi connectivity index (χ4v) is 7.32. The maximum Gasteiger partial charge on any atom is 0.312 e. The van der Waals surface area contributed by atoms with Crippen molar-refractivity contribution in [1.29, 1.82) is 0 Å². The Bertz CT molecular complexity index is 901. The van der Waals surface area contributed by atoms with Crippen LogP contribution in [0.4, 0.5) is 0 Å². The third-order valence-corrected chi connectivity index (χ3v) is 9.11. The van der Waals surface area contributed by atoms with Crippen molar-refractivity contribution in [3.63, 3.8) is 0 Å². The number of aliphatic hydroxyl groups is 1. The van der Waals surface area contributed by atoms with Gasteiger partial charge in [0.25, 0.3) is 0 Å². The van der Waals surface area contributed by atoms with Crippen LogP contribution in [-0.4, -0.2) is 81.8 Å². The molecule has 1 aliphatic carbocycles. The van der Waals surface area contributed by atoms with E-state index in [-0.39, 0.29) is 31.1 Å². The van der Waals surface area contributed by atoms with Gasteiger partial charge in [0.1, 0.15) is 17.6 Å². The first-order chi connectivity index (χ1) is 17.8. The number of nitrogens with zero attached hydrogens (tertiary/aromatic N) is 2. The summed E-state index contributed by atoms with van der Waals surface area (Å²) >= 11 is 0. The third-order valence-electron chi connectivity index (χ3n) is 9.11. The maximum atomic E-state index is 14.4. The zero-order valence-electron chi connectivity index (χ0n) is 22.5. The molecule has 1 N–H and O–H groups in total. The molecule has 2 amide bonds. The molecular weight excluding hydrogens is 472 g/mol. The van der Waals surface area contributed by atoms with Crippen LogP contribution in [0, 0.1) is 11.8 Å². The molecule has 3 saturated heterocycles. The Kier molecular flexibility index (Phi) is 8.48. The van der Waals surface area contributed by atoms with E-state index in [0.717, 1.165) is 51.4 Å². The van der Waals surface area contributed by atoms with Crippen LogP contribution in [0.3, 0.4) is 0 Å². The number of carbonyl (C=O) groups is 3. The Hall–Kier alpha value is -2.19. The maximum absolute atomic E-state index is 14.4. The van der Waals surface area contributed by atoms with Crippen molar-refractivity contribution < 1.29 is 29.0 Å².